The molecule has 0 aliphatic rings. The largest absolute Gasteiger partial charge is 0.417 e. The van der Waals surface area contributed by atoms with Crippen molar-refractivity contribution in [3.8, 4) is 0 Å². The van der Waals surface area contributed by atoms with E-state index in [0.717, 1.165) is 12.1 Å². The van der Waals surface area contributed by atoms with Gasteiger partial charge < -0.3 is 10.4 Å². The standard InChI is InChI=1S/C12H13F4NO2/c1-2-8(6-18)17-11(19)9-4-3-7(13)5-10(9)12(14,15)16/h3-5,8,18H,2,6H2,1H3,(H,17,19)/t8-/m1/s1. The molecule has 106 valence electrons. The van der Waals surface area contributed by atoms with Crippen LogP contribution in [0.15, 0.2) is 18.2 Å². The fourth-order valence-electron chi connectivity index (χ4n) is 1.49. The second-order valence-corrected chi connectivity index (χ2v) is 3.95. The van der Waals surface area contributed by atoms with E-state index in [2.05, 4.69) is 5.32 Å². The first-order chi connectivity index (χ1) is 8.79. The molecule has 19 heavy (non-hydrogen) atoms. The van der Waals surface area contributed by atoms with Crippen LogP contribution in [-0.2, 0) is 6.18 Å². The Balaban J connectivity index is 3.09. The van der Waals surface area contributed by atoms with E-state index in [0.29, 0.717) is 6.42 Å². The van der Waals surface area contributed by atoms with Crippen molar-refractivity contribution in [3.05, 3.63) is 35.1 Å². The summed E-state index contributed by atoms with van der Waals surface area (Å²) in [5.74, 6) is -2.06. The molecule has 0 saturated carbocycles. The molecule has 3 nitrogen and oxygen atoms in total. The van der Waals surface area contributed by atoms with Crippen molar-refractivity contribution in [3.63, 3.8) is 0 Å². The number of rotatable bonds is 4. The van der Waals surface area contributed by atoms with Crippen molar-refractivity contribution in [2.24, 2.45) is 0 Å². The van der Waals surface area contributed by atoms with Crippen molar-refractivity contribution < 1.29 is 27.5 Å². The maximum Gasteiger partial charge on any atom is 0.417 e. The minimum atomic E-state index is -4.82. The average molecular weight is 279 g/mol. The smallest absolute Gasteiger partial charge is 0.394 e. The Kier molecular flexibility index (Phi) is 4.88. The molecule has 7 heteroatoms. The zero-order valence-corrected chi connectivity index (χ0v) is 10.1. The number of carbonyl (C=O) groups excluding carboxylic acids is 1. The summed E-state index contributed by atoms with van der Waals surface area (Å²) in [5.41, 5.74) is -2.00. The van der Waals surface area contributed by atoms with Crippen LogP contribution in [0.4, 0.5) is 17.6 Å². The number of benzene rings is 1. The van der Waals surface area contributed by atoms with Crippen molar-refractivity contribution in [1.29, 1.82) is 0 Å². The van der Waals surface area contributed by atoms with E-state index in [1.54, 1.807) is 6.92 Å². The number of halogens is 4. The van der Waals surface area contributed by atoms with Gasteiger partial charge in [-0.1, -0.05) is 6.92 Å². The maximum absolute atomic E-state index is 12.9. The van der Waals surface area contributed by atoms with Crippen LogP contribution in [0.5, 0.6) is 0 Å². The lowest BCUT2D eigenvalue weighted by Crippen LogP contribution is -2.37. The Bertz CT molecular complexity index is 456. The molecule has 1 amide bonds. The Hall–Kier alpha value is -1.63. The summed E-state index contributed by atoms with van der Waals surface area (Å²) >= 11 is 0. The normalized spacial score (nSPS) is 13.2. The molecule has 0 saturated heterocycles. The quantitative estimate of drug-likeness (QED) is 0.831. The molecule has 0 aromatic heterocycles. The highest BCUT2D eigenvalue weighted by atomic mass is 19.4. The summed E-state index contributed by atoms with van der Waals surface area (Å²) in [6.07, 6.45) is -4.46. The van der Waals surface area contributed by atoms with Gasteiger partial charge in [-0.2, -0.15) is 13.2 Å². The highest BCUT2D eigenvalue weighted by Crippen LogP contribution is 2.32. The van der Waals surface area contributed by atoms with Gasteiger partial charge in [0.15, 0.2) is 0 Å². The van der Waals surface area contributed by atoms with Crippen LogP contribution in [0.2, 0.25) is 0 Å². The van der Waals surface area contributed by atoms with Gasteiger partial charge >= 0.3 is 6.18 Å². The number of alkyl halides is 3. The summed E-state index contributed by atoms with van der Waals surface area (Å²) in [5, 5.41) is 11.2. The van der Waals surface area contributed by atoms with Gasteiger partial charge in [0.2, 0.25) is 0 Å². The number of nitrogens with one attached hydrogen (secondary N) is 1. The third-order valence-electron chi connectivity index (χ3n) is 2.58. The predicted octanol–water partition coefficient (Wildman–Crippen LogP) is 2.35. The van der Waals surface area contributed by atoms with E-state index >= 15 is 0 Å². The van der Waals surface area contributed by atoms with E-state index in [4.69, 9.17) is 5.11 Å². The Labute approximate surface area is 107 Å². The fourth-order valence-corrected chi connectivity index (χ4v) is 1.49. The third kappa shape index (κ3) is 3.92. The minimum Gasteiger partial charge on any atom is -0.394 e. The average Bonchev–Trinajstić information content (AvgIpc) is 2.34. The van der Waals surface area contributed by atoms with E-state index in [1.165, 1.54) is 0 Å². The van der Waals surface area contributed by atoms with Gasteiger partial charge in [0.05, 0.1) is 23.8 Å². The van der Waals surface area contributed by atoms with Gasteiger partial charge in [0.1, 0.15) is 5.82 Å². The monoisotopic (exact) mass is 279 g/mol. The van der Waals surface area contributed by atoms with Gasteiger partial charge in [-0.3, -0.25) is 4.79 Å². The van der Waals surface area contributed by atoms with Crippen LogP contribution in [0.1, 0.15) is 29.3 Å². The van der Waals surface area contributed by atoms with E-state index < -0.39 is 35.1 Å². The molecule has 0 bridgehead atoms. The molecule has 1 rings (SSSR count). The van der Waals surface area contributed by atoms with Crippen molar-refractivity contribution in [2.75, 3.05) is 6.61 Å². The number of aliphatic hydroxyl groups excluding tert-OH is 1. The second kappa shape index (κ2) is 6.01. The summed E-state index contributed by atoms with van der Waals surface area (Å²) in [6.45, 7) is 1.28. The van der Waals surface area contributed by atoms with Crippen LogP contribution < -0.4 is 5.32 Å². The van der Waals surface area contributed by atoms with Crippen LogP contribution in [0, 0.1) is 5.82 Å². The molecule has 0 fully saturated rings. The topological polar surface area (TPSA) is 49.3 Å². The van der Waals surface area contributed by atoms with E-state index in [1.807, 2.05) is 0 Å². The maximum atomic E-state index is 12.9. The van der Waals surface area contributed by atoms with Crippen molar-refractivity contribution in [1.82, 2.24) is 5.32 Å². The molecule has 0 unspecified atom stereocenters. The van der Waals surface area contributed by atoms with Crippen LogP contribution in [0.3, 0.4) is 0 Å². The number of hydrogen-bond acceptors (Lipinski definition) is 2. The van der Waals surface area contributed by atoms with Crippen LogP contribution in [-0.4, -0.2) is 23.7 Å². The number of aliphatic hydroxyl groups is 1. The zero-order chi connectivity index (χ0) is 14.6. The van der Waals surface area contributed by atoms with Gasteiger partial charge in [-0.25, -0.2) is 4.39 Å². The molecule has 1 atom stereocenters. The predicted molar refractivity (Wildman–Crippen MR) is 60.0 cm³/mol. The van der Waals surface area contributed by atoms with Gasteiger partial charge in [0.25, 0.3) is 5.91 Å². The molecule has 0 radical (unpaired) electrons. The number of carbonyl (C=O) groups is 1. The first-order valence-corrected chi connectivity index (χ1v) is 5.58. The molecule has 0 spiro atoms. The summed E-state index contributed by atoms with van der Waals surface area (Å²) in [7, 11) is 0. The molecular weight excluding hydrogens is 266 g/mol. The summed E-state index contributed by atoms with van der Waals surface area (Å²) in [4.78, 5) is 11.7. The number of hydrogen-bond donors (Lipinski definition) is 2. The highest BCUT2D eigenvalue weighted by Gasteiger charge is 2.35. The van der Waals surface area contributed by atoms with Gasteiger partial charge in [-0.15, -0.1) is 0 Å². The lowest BCUT2D eigenvalue weighted by molar-refractivity contribution is -0.138. The molecule has 2 N–H and O–H groups in total. The Morgan fingerprint density at radius 1 is 1.42 bits per heavy atom. The second-order valence-electron chi connectivity index (χ2n) is 3.95. The minimum absolute atomic E-state index is 0.273. The molecule has 0 aliphatic heterocycles. The zero-order valence-electron chi connectivity index (χ0n) is 10.1. The fraction of sp³-hybridized carbons (Fsp3) is 0.417. The molecule has 0 heterocycles. The molecular formula is C12H13F4NO2. The molecule has 1 aromatic carbocycles. The highest BCUT2D eigenvalue weighted by molar-refractivity contribution is 5.96. The van der Waals surface area contributed by atoms with Gasteiger partial charge in [-0.05, 0) is 24.6 Å². The molecule has 0 aliphatic carbocycles. The lowest BCUT2D eigenvalue weighted by Gasteiger charge is -2.17. The Morgan fingerprint density at radius 3 is 2.53 bits per heavy atom. The lowest BCUT2D eigenvalue weighted by atomic mass is 10.1. The SMILES string of the molecule is CC[C@H](CO)NC(=O)c1ccc(F)cc1C(F)(F)F. The van der Waals surface area contributed by atoms with E-state index in [-0.39, 0.29) is 12.7 Å². The first-order valence-electron chi connectivity index (χ1n) is 5.58. The van der Waals surface area contributed by atoms with Crippen LogP contribution >= 0.6 is 0 Å². The van der Waals surface area contributed by atoms with Crippen molar-refractivity contribution >= 4 is 5.91 Å². The first kappa shape index (κ1) is 15.4. The van der Waals surface area contributed by atoms with Gasteiger partial charge in [0, 0.05) is 0 Å². The third-order valence-corrected chi connectivity index (χ3v) is 2.58. The summed E-state index contributed by atoms with van der Waals surface area (Å²) in [6, 6.07) is 1.19. The van der Waals surface area contributed by atoms with Crippen LogP contribution in [0.25, 0.3) is 0 Å². The Morgan fingerprint density at radius 2 is 2.05 bits per heavy atom. The summed E-state index contributed by atoms with van der Waals surface area (Å²) < 4.78 is 50.9. The number of amides is 1. The van der Waals surface area contributed by atoms with E-state index in [9.17, 15) is 22.4 Å². The molecule has 1 aromatic rings. The van der Waals surface area contributed by atoms with Crippen molar-refractivity contribution in [2.45, 2.75) is 25.6 Å².